The lowest BCUT2D eigenvalue weighted by Crippen LogP contribution is -2.60. The van der Waals surface area contributed by atoms with E-state index in [2.05, 4.69) is 21.3 Å². The number of hydrogen-bond acceptors (Lipinski definition) is 6. The van der Waals surface area contributed by atoms with Gasteiger partial charge in [-0.3, -0.25) is 19.2 Å². The summed E-state index contributed by atoms with van der Waals surface area (Å²) in [4.78, 5) is 65.8. The zero-order valence-electron chi connectivity index (χ0n) is 24.5. The fraction of sp³-hybridized carbons (Fsp3) is 0.567. The van der Waals surface area contributed by atoms with Gasteiger partial charge in [-0.1, -0.05) is 84.4 Å². The normalized spacial score (nSPS) is 26.6. The van der Waals surface area contributed by atoms with Crippen LogP contribution in [0, 0.1) is 17.8 Å². The molecule has 0 spiro atoms. The molecule has 1 aromatic rings. The van der Waals surface area contributed by atoms with Crippen molar-refractivity contribution in [1.82, 2.24) is 21.3 Å². The maximum Gasteiger partial charge on any atom is 0.329 e. The van der Waals surface area contributed by atoms with Gasteiger partial charge in [0.1, 0.15) is 30.3 Å². The molecular weight excluding hydrogens is 512 g/mol. The van der Waals surface area contributed by atoms with Gasteiger partial charge in [-0.05, 0) is 36.3 Å². The van der Waals surface area contributed by atoms with Crippen LogP contribution in [0.25, 0.3) is 6.08 Å². The van der Waals surface area contributed by atoms with Gasteiger partial charge in [0.15, 0.2) is 0 Å². The molecule has 10 nitrogen and oxygen atoms in total. The fourth-order valence-electron chi connectivity index (χ4n) is 4.19. The Morgan fingerprint density at radius 1 is 0.800 bits per heavy atom. The highest BCUT2D eigenvalue weighted by molar-refractivity contribution is 5.95. The highest BCUT2D eigenvalue weighted by Crippen LogP contribution is 2.15. The number of cyclic esters (lactones) is 1. The monoisotopic (exact) mass is 556 g/mol. The number of esters is 1. The average Bonchev–Trinajstić information content (AvgIpc) is 2.90. The standard InChI is InChI=1S/C30H44N4O6/c1-8-19(6)26-29(38)33-25(18(4)5)30(39)40-22(15-14-21-12-10-9-11-13-21)16-23(35)32-24(17(2)3)28(37)31-20(7)27(36)34-26/h9-15,17-20,22,24-26H,8,16H2,1-7H3,(H,31,37)(H,32,35)(H,33,38)(H,34,36)/b15-14+/t19-,20+,22-,24-,25-,26-/m0/s1. The maximum absolute atomic E-state index is 13.4. The van der Waals surface area contributed by atoms with E-state index < -0.39 is 59.9 Å². The Hall–Kier alpha value is -3.69. The van der Waals surface area contributed by atoms with Crippen molar-refractivity contribution in [2.75, 3.05) is 0 Å². The molecule has 0 radical (unpaired) electrons. The first-order valence-electron chi connectivity index (χ1n) is 14.0. The molecule has 0 bridgehead atoms. The fourth-order valence-corrected chi connectivity index (χ4v) is 4.19. The largest absolute Gasteiger partial charge is 0.456 e. The van der Waals surface area contributed by atoms with Crippen LogP contribution >= 0.6 is 0 Å². The first-order chi connectivity index (χ1) is 18.8. The number of benzene rings is 1. The molecule has 1 aromatic carbocycles. The van der Waals surface area contributed by atoms with Gasteiger partial charge in [0.25, 0.3) is 0 Å². The molecule has 0 unspecified atom stereocenters. The zero-order valence-corrected chi connectivity index (χ0v) is 24.5. The Morgan fingerprint density at radius 2 is 1.38 bits per heavy atom. The average molecular weight is 557 g/mol. The molecule has 1 heterocycles. The number of rotatable bonds is 6. The van der Waals surface area contributed by atoms with E-state index in [-0.39, 0.29) is 24.2 Å². The van der Waals surface area contributed by atoms with Crippen molar-refractivity contribution in [1.29, 1.82) is 0 Å². The van der Waals surface area contributed by atoms with Gasteiger partial charge in [-0.25, -0.2) is 4.79 Å². The van der Waals surface area contributed by atoms with E-state index in [1.165, 1.54) is 6.92 Å². The molecule has 4 amide bonds. The van der Waals surface area contributed by atoms with E-state index >= 15 is 0 Å². The quantitative estimate of drug-likeness (QED) is 0.396. The van der Waals surface area contributed by atoms with Gasteiger partial charge in [-0.15, -0.1) is 0 Å². The minimum atomic E-state index is -1.01. The Bertz CT molecular complexity index is 1070. The van der Waals surface area contributed by atoms with Gasteiger partial charge >= 0.3 is 5.97 Å². The second-order valence-electron chi connectivity index (χ2n) is 11.1. The smallest absolute Gasteiger partial charge is 0.329 e. The minimum Gasteiger partial charge on any atom is -0.456 e. The zero-order chi connectivity index (χ0) is 30.0. The van der Waals surface area contributed by atoms with E-state index in [0.29, 0.717) is 6.42 Å². The second-order valence-corrected chi connectivity index (χ2v) is 11.1. The summed E-state index contributed by atoms with van der Waals surface area (Å²) in [6.07, 6.45) is 2.75. The highest BCUT2D eigenvalue weighted by Gasteiger charge is 2.35. The predicted octanol–water partition coefficient (Wildman–Crippen LogP) is 2.33. The molecule has 2 rings (SSSR count). The Morgan fingerprint density at radius 3 is 1.95 bits per heavy atom. The first-order valence-corrected chi connectivity index (χ1v) is 14.0. The van der Waals surface area contributed by atoms with E-state index in [1.54, 1.807) is 39.8 Å². The number of carbonyl (C=O) groups is 5. The van der Waals surface area contributed by atoms with E-state index in [4.69, 9.17) is 4.74 Å². The predicted molar refractivity (Wildman–Crippen MR) is 153 cm³/mol. The molecule has 1 aliphatic rings. The van der Waals surface area contributed by atoms with Crippen molar-refractivity contribution in [3.63, 3.8) is 0 Å². The molecule has 4 N–H and O–H groups in total. The third-order valence-electron chi connectivity index (χ3n) is 6.99. The highest BCUT2D eigenvalue weighted by atomic mass is 16.5. The van der Waals surface area contributed by atoms with Crippen LogP contribution in [-0.4, -0.2) is 59.9 Å². The lowest BCUT2D eigenvalue weighted by molar-refractivity contribution is -0.153. The summed E-state index contributed by atoms with van der Waals surface area (Å²) in [5, 5.41) is 10.8. The summed E-state index contributed by atoms with van der Waals surface area (Å²) >= 11 is 0. The SMILES string of the molecule is CC[C@H](C)[C@@H]1NC(=O)[C@@H](C)NC(=O)[C@H](C(C)C)NC(=O)C[C@H](/C=C/c2ccccc2)OC(=O)[C@H](C(C)C)NC1=O. The minimum absolute atomic E-state index is 0.240. The van der Waals surface area contributed by atoms with Crippen molar-refractivity contribution in [2.24, 2.45) is 17.8 Å². The molecule has 0 aliphatic carbocycles. The van der Waals surface area contributed by atoms with Crippen molar-refractivity contribution < 1.29 is 28.7 Å². The molecule has 6 atom stereocenters. The van der Waals surface area contributed by atoms with Crippen LogP contribution in [0.3, 0.4) is 0 Å². The van der Waals surface area contributed by atoms with Gasteiger partial charge in [-0.2, -0.15) is 0 Å². The van der Waals surface area contributed by atoms with Crippen molar-refractivity contribution in [3.8, 4) is 0 Å². The third-order valence-corrected chi connectivity index (χ3v) is 6.99. The maximum atomic E-state index is 13.4. The molecule has 0 saturated carbocycles. The number of ether oxygens (including phenoxy) is 1. The van der Waals surface area contributed by atoms with Gasteiger partial charge in [0.2, 0.25) is 23.6 Å². The number of carbonyl (C=O) groups excluding carboxylic acids is 5. The summed E-state index contributed by atoms with van der Waals surface area (Å²) in [6, 6.07) is 5.49. The molecule has 0 aromatic heterocycles. The van der Waals surface area contributed by atoms with Crippen LogP contribution in [0.15, 0.2) is 36.4 Å². The van der Waals surface area contributed by atoms with Crippen LogP contribution in [-0.2, 0) is 28.7 Å². The van der Waals surface area contributed by atoms with Crippen LogP contribution in [0.1, 0.15) is 66.9 Å². The Balaban J connectivity index is 2.48. The first kappa shape index (κ1) is 32.5. The van der Waals surface area contributed by atoms with Crippen molar-refractivity contribution in [3.05, 3.63) is 42.0 Å². The summed E-state index contributed by atoms with van der Waals surface area (Å²) in [5.74, 6) is -3.69. The topological polar surface area (TPSA) is 143 Å². The van der Waals surface area contributed by atoms with Crippen LogP contribution in [0.5, 0.6) is 0 Å². The second kappa shape index (κ2) is 15.2. The van der Waals surface area contributed by atoms with Crippen LogP contribution < -0.4 is 21.3 Å². The Labute approximate surface area is 237 Å². The van der Waals surface area contributed by atoms with E-state index in [0.717, 1.165) is 5.56 Å². The third kappa shape index (κ3) is 9.50. The number of amides is 4. The number of hydrogen-bond donors (Lipinski definition) is 4. The number of nitrogens with one attached hydrogen (secondary N) is 4. The molecule has 10 heteroatoms. The van der Waals surface area contributed by atoms with Gasteiger partial charge in [0.05, 0.1) is 6.42 Å². The van der Waals surface area contributed by atoms with Gasteiger partial charge < -0.3 is 26.0 Å². The van der Waals surface area contributed by atoms with Crippen LogP contribution in [0.2, 0.25) is 0 Å². The van der Waals surface area contributed by atoms with E-state index in [1.807, 2.05) is 44.2 Å². The Kier molecular flexibility index (Phi) is 12.4. The van der Waals surface area contributed by atoms with Crippen LogP contribution in [0.4, 0.5) is 0 Å². The summed E-state index contributed by atoms with van der Waals surface area (Å²) < 4.78 is 5.76. The molecule has 1 fully saturated rings. The van der Waals surface area contributed by atoms with E-state index in [9.17, 15) is 24.0 Å². The van der Waals surface area contributed by atoms with Crippen molar-refractivity contribution in [2.45, 2.75) is 91.6 Å². The molecular formula is C30H44N4O6. The molecule has 1 saturated heterocycles. The van der Waals surface area contributed by atoms with Gasteiger partial charge in [0, 0.05) is 0 Å². The lowest BCUT2D eigenvalue weighted by atomic mass is 9.96. The molecule has 220 valence electrons. The summed E-state index contributed by atoms with van der Waals surface area (Å²) in [6.45, 7) is 12.3. The summed E-state index contributed by atoms with van der Waals surface area (Å²) in [5.41, 5.74) is 0.848. The molecule has 40 heavy (non-hydrogen) atoms. The van der Waals surface area contributed by atoms with Crippen molar-refractivity contribution >= 4 is 35.7 Å². The summed E-state index contributed by atoms with van der Waals surface area (Å²) in [7, 11) is 0. The molecule has 1 aliphatic heterocycles. The lowest BCUT2D eigenvalue weighted by Gasteiger charge is -2.30.